The first-order valence-electron chi connectivity index (χ1n) is 5.52. The molecule has 0 aliphatic rings. The third-order valence-corrected chi connectivity index (χ3v) is 2.72. The topological polar surface area (TPSA) is 67.8 Å². The number of nitrogens with one attached hydrogen (secondary N) is 1. The number of nitrogens with zero attached hydrogens (tertiary/aromatic N) is 1. The Morgan fingerprint density at radius 2 is 2.38 bits per heavy atom. The number of rotatable bonds is 4. The van der Waals surface area contributed by atoms with E-state index in [1.165, 1.54) is 0 Å². The largest absolute Gasteiger partial charge is 0.463 e. The second-order valence-electron chi connectivity index (χ2n) is 4.05. The highest BCUT2D eigenvalue weighted by Crippen LogP contribution is 2.25. The van der Waals surface area contributed by atoms with Gasteiger partial charge >= 0.3 is 0 Å². The van der Waals surface area contributed by atoms with E-state index in [1.54, 1.807) is 6.26 Å². The Morgan fingerprint density at radius 3 is 3.00 bits per heavy atom. The maximum Gasteiger partial charge on any atom is 0.154 e. The molecule has 1 unspecified atom stereocenters. The molecule has 86 valence electrons. The average molecular weight is 219 g/mol. The summed E-state index contributed by atoms with van der Waals surface area (Å²) < 4.78 is 5.35. The molecule has 16 heavy (non-hydrogen) atoms. The predicted molar refractivity (Wildman–Crippen MR) is 63.1 cm³/mol. The van der Waals surface area contributed by atoms with Crippen LogP contribution >= 0.6 is 0 Å². The molecule has 0 saturated heterocycles. The predicted octanol–water partition coefficient (Wildman–Crippen LogP) is 2.43. The van der Waals surface area contributed by atoms with Gasteiger partial charge in [0, 0.05) is 11.6 Å². The van der Waals surface area contributed by atoms with E-state index in [0.29, 0.717) is 12.5 Å². The Balaban J connectivity index is 2.29. The van der Waals surface area contributed by atoms with Gasteiger partial charge in [0.15, 0.2) is 5.76 Å². The first-order valence-corrected chi connectivity index (χ1v) is 5.52. The third kappa shape index (κ3) is 2.02. The van der Waals surface area contributed by atoms with Crippen LogP contribution in [0.2, 0.25) is 0 Å². The molecule has 0 fully saturated rings. The summed E-state index contributed by atoms with van der Waals surface area (Å²) in [4.78, 5) is 7.86. The van der Waals surface area contributed by atoms with Crippen molar-refractivity contribution in [1.82, 2.24) is 9.97 Å². The first-order chi connectivity index (χ1) is 7.72. The van der Waals surface area contributed by atoms with Crippen molar-refractivity contribution in [3.63, 3.8) is 0 Å². The highest BCUT2D eigenvalue weighted by Gasteiger charge is 2.14. The van der Waals surface area contributed by atoms with E-state index in [-0.39, 0.29) is 0 Å². The summed E-state index contributed by atoms with van der Waals surface area (Å²) in [5.41, 5.74) is 7.47. The van der Waals surface area contributed by atoms with Gasteiger partial charge in [0.2, 0.25) is 0 Å². The van der Waals surface area contributed by atoms with Gasteiger partial charge in [-0.2, -0.15) is 0 Å². The fourth-order valence-electron chi connectivity index (χ4n) is 1.76. The lowest BCUT2D eigenvalue weighted by atomic mass is 10.1. The molecule has 0 spiro atoms. The molecule has 0 aliphatic heterocycles. The minimum absolute atomic E-state index is 0.354. The van der Waals surface area contributed by atoms with Crippen LogP contribution in [0.5, 0.6) is 0 Å². The van der Waals surface area contributed by atoms with Crippen LogP contribution in [0.15, 0.2) is 22.8 Å². The van der Waals surface area contributed by atoms with Crippen molar-refractivity contribution in [3.8, 4) is 11.5 Å². The SMILES string of the molecule is Cc1[nH]c(C(C)CCN)nc1-c1ccco1. The summed E-state index contributed by atoms with van der Waals surface area (Å²) in [6, 6.07) is 3.78. The number of nitrogens with two attached hydrogens (primary N) is 1. The van der Waals surface area contributed by atoms with E-state index in [2.05, 4.69) is 16.9 Å². The Kier molecular flexibility index (Phi) is 3.10. The summed E-state index contributed by atoms with van der Waals surface area (Å²) in [6.45, 7) is 4.80. The zero-order valence-corrected chi connectivity index (χ0v) is 9.66. The lowest BCUT2D eigenvalue weighted by Crippen LogP contribution is -2.05. The molecule has 0 aromatic carbocycles. The van der Waals surface area contributed by atoms with E-state index < -0.39 is 0 Å². The van der Waals surface area contributed by atoms with Crippen LogP contribution in [-0.4, -0.2) is 16.5 Å². The zero-order valence-electron chi connectivity index (χ0n) is 9.66. The Morgan fingerprint density at radius 1 is 1.56 bits per heavy atom. The molecule has 0 saturated carbocycles. The lowest BCUT2D eigenvalue weighted by molar-refractivity contribution is 0.579. The molecular weight excluding hydrogens is 202 g/mol. The number of aromatic amines is 1. The molecule has 3 N–H and O–H groups in total. The molecule has 0 amide bonds. The first kappa shape index (κ1) is 11.0. The lowest BCUT2D eigenvalue weighted by Gasteiger charge is -2.04. The number of imidazole rings is 1. The number of H-pyrrole nitrogens is 1. The van der Waals surface area contributed by atoms with Crippen molar-refractivity contribution in [2.75, 3.05) is 6.54 Å². The maximum atomic E-state index is 5.55. The quantitative estimate of drug-likeness (QED) is 0.829. The number of aryl methyl sites for hydroxylation is 1. The van der Waals surface area contributed by atoms with Gasteiger partial charge in [-0.1, -0.05) is 6.92 Å². The van der Waals surface area contributed by atoms with E-state index in [4.69, 9.17) is 10.2 Å². The van der Waals surface area contributed by atoms with Gasteiger partial charge in [0.05, 0.1) is 6.26 Å². The normalized spacial score (nSPS) is 12.9. The van der Waals surface area contributed by atoms with Gasteiger partial charge in [-0.25, -0.2) is 4.98 Å². The third-order valence-electron chi connectivity index (χ3n) is 2.72. The summed E-state index contributed by atoms with van der Waals surface area (Å²) in [7, 11) is 0. The smallest absolute Gasteiger partial charge is 0.154 e. The van der Waals surface area contributed by atoms with Crippen LogP contribution in [0, 0.1) is 6.92 Å². The summed E-state index contributed by atoms with van der Waals surface area (Å²) in [6.07, 6.45) is 2.59. The van der Waals surface area contributed by atoms with Crippen LogP contribution < -0.4 is 5.73 Å². The molecule has 0 bridgehead atoms. The van der Waals surface area contributed by atoms with Crippen LogP contribution in [-0.2, 0) is 0 Å². The number of hydrogen-bond acceptors (Lipinski definition) is 3. The van der Waals surface area contributed by atoms with Crippen LogP contribution in [0.1, 0.15) is 30.8 Å². The molecule has 4 heteroatoms. The fourth-order valence-corrected chi connectivity index (χ4v) is 1.76. The van der Waals surface area contributed by atoms with E-state index >= 15 is 0 Å². The van der Waals surface area contributed by atoms with Crippen molar-refractivity contribution < 1.29 is 4.42 Å². The molecule has 0 aliphatic carbocycles. The van der Waals surface area contributed by atoms with Crippen molar-refractivity contribution in [2.24, 2.45) is 5.73 Å². The highest BCUT2D eigenvalue weighted by molar-refractivity contribution is 5.55. The van der Waals surface area contributed by atoms with Gasteiger partial charge in [-0.05, 0) is 32.0 Å². The van der Waals surface area contributed by atoms with Gasteiger partial charge in [-0.15, -0.1) is 0 Å². The number of aromatic nitrogens is 2. The minimum Gasteiger partial charge on any atom is -0.463 e. The second-order valence-corrected chi connectivity index (χ2v) is 4.05. The van der Waals surface area contributed by atoms with E-state index in [9.17, 15) is 0 Å². The zero-order chi connectivity index (χ0) is 11.5. The Bertz CT molecular complexity index is 445. The van der Waals surface area contributed by atoms with Gasteiger partial charge < -0.3 is 15.1 Å². The van der Waals surface area contributed by atoms with Crippen LogP contribution in [0.25, 0.3) is 11.5 Å². The van der Waals surface area contributed by atoms with Crippen molar-refractivity contribution in [3.05, 3.63) is 29.9 Å². The molecule has 2 rings (SSSR count). The summed E-state index contributed by atoms with van der Waals surface area (Å²) in [5.74, 6) is 2.14. The monoisotopic (exact) mass is 219 g/mol. The van der Waals surface area contributed by atoms with Crippen molar-refractivity contribution >= 4 is 0 Å². The number of hydrogen-bond donors (Lipinski definition) is 2. The van der Waals surface area contributed by atoms with E-state index in [1.807, 2.05) is 19.1 Å². The standard InChI is InChI=1S/C12H17N3O/c1-8(5-6-13)12-14-9(2)11(15-12)10-4-3-7-16-10/h3-4,7-8H,5-6,13H2,1-2H3,(H,14,15). The molecular formula is C12H17N3O. The average Bonchev–Trinajstić information content (AvgIpc) is 2.86. The van der Waals surface area contributed by atoms with Crippen LogP contribution in [0.3, 0.4) is 0 Å². The molecule has 2 aromatic rings. The van der Waals surface area contributed by atoms with Gasteiger partial charge in [-0.3, -0.25) is 0 Å². The van der Waals surface area contributed by atoms with Gasteiger partial charge in [0.1, 0.15) is 11.5 Å². The van der Waals surface area contributed by atoms with E-state index in [0.717, 1.165) is 29.4 Å². The van der Waals surface area contributed by atoms with Gasteiger partial charge in [0.25, 0.3) is 0 Å². The maximum absolute atomic E-state index is 5.55. The number of furan rings is 1. The molecule has 4 nitrogen and oxygen atoms in total. The second kappa shape index (κ2) is 4.53. The Hall–Kier alpha value is -1.55. The summed E-state index contributed by atoms with van der Waals surface area (Å²) >= 11 is 0. The van der Waals surface area contributed by atoms with Crippen molar-refractivity contribution in [2.45, 2.75) is 26.2 Å². The highest BCUT2D eigenvalue weighted by atomic mass is 16.3. The summed E-state index contributed by atoms with van der Waals surface area (Å²) in [5, 5.41) is 0. The van der Waals surface area contributed by atoms with Crippen LogP contribution in [0.4, 0.5) is 0 Å². The molecule has 0 radical (unpaired) electrons. The molecule has 2 heterocycles. The fraction of sp³-hybridized carbons (Fsp3) is 0.417. The Labute approximate surface area is 94.9 Å². The minimum atomic E-state index is 0.354. The molecule has 2 aromatic heterocycles. The molecule has 1 atom stereocenters. The van der Waals surface area contributed by atoms with Crippen molar-refractivity contribution in [1.29, 1.82) is 0 Å².